The van der Waals surface area contributed by atoms with Crippen LogP contribution in [-0.4, -0.2) is 10.5 Å². The average molecular weight is 279 g/mol. The number of nitrogens with one attached hydrogen (secondary N) is 1. The first-order valence-electron chi connectivity index (χ1n) is 6.77. The summed E-state index contributed by atoms with van der Waals surface area (Å²) in [5.74, 6) is -0.400. The second-order valence-electron chi connectivity index (χ2n) is 4.72. The number of rotatable bonds is 4. The maximum absolute atomic E-state index is 12.1. The maximum atomic E-state index is 12.1. The lowest BCUT2D eigenvalue weighted by atomic mass is 10.1. The molecule has 0 aliphatic carbocycles. The Bertz CT molecular complexity index is 702. The largest absolute Gasteiger partial charge is 0.351 e. The summed E-state index contributed by atoms with van der Waals surface area (Å²) in [6.07, 6.45) is 4.39. The minimum atomic E-state index is -0.400. The number of nitrogens with zero attached hydrogens (tertiary/aromatic N) is 2. The molecule has 2 aromatic rings. The van der Waals surface area contributed by atoms with Gasteiger partial charge in [0.25, 0.3) is 5.91 Å². The van der Waals surface area contributed by atoms with E-state index >= 15 is 0 Å². The minimum absolute atomic E-state index is 0.0800. The zero-order chi connectivity index (χ0) is 15.2. The van der Waals surface area contributed by atoms with Crippen LogP contribution in [0.1, 0.15) is 18.2 Å². The van der Waals surface area contributed by atoms with Crippen molar-refractivity contribution in [1.29, 1.82) is 5.26 Å². The molecular formula is C17H17N3O. The molecule has 0 fully saturated rings. The highest BCUT2D eigenvalue weighted by Crippen LogP contribution is 2.13. The SMILES string of the molecule is CCc1ccc(NC(=O)C(C#N)=Cc2cccn2C)cc1. The number of nitriles is 1. The molecule has 1 N–H and O–H groups in total. The fourth-order valence-corrected chi connectivity index (χ4v) is 1.94. The molecule has 0 saturated heterocycles. The van der Waals surface area contributed by atoms with E-state index in [-0.39, 0.29) is 5.57 Å². The van der Waals surface area contributed by atoms with Crippen molar-refractivity contribution >= 4 is 17.7 Å². The molecule has 0 saturated carbocycles. The van der Waals surface area contributed by atoms with Gasteiger partial charge in [-0.2, -0.15) is 5.26 Å². The normalized spacial score (nSPS) is 11.0. The summed E-state index contributed by atoms with van der Waals surface area (Å²) < 4.78 is 1.85. The van der Waals surface area contributed by atoms with Crippen LogP contribution in [0.25, 0.3) is 6.08 Å². The zero-order valence-electron chi connectivity index (χ0n) is 12.1. The van der Waals surface area contributed by atoms with Crippen molar-refractivity contribution < 1.29 is 4.79 Å². The van der Waals surface area contributed by atoms with Crippen molar-refractivity contribution in [3.63, 3.8) is 0 Å². The molecule has 4 nitrogen and oxygen atoms in total. The summed E-state index contributed by atoms with van der Waals surface area (Å²) >= 11 is 0. The van der Waals surface area contributed by atoms with Gasteiger partial charge in [0, 0.05) is 24.6 Å². The van der Waals surface area contributed by atoms with Crippen LogP contribution >= 0.6 is 0 Å². The third-order valence-corrected chi connectivity index (χ3v) is 3.26. The first kappa shape index (κ1) is 14.6. The molecule has 0 aliphatic heterocycles. The van der Waals surface area contributed by atoms with Gasteiger partial charge in [-0.1, -0.05) is 19.1 Å². The lowest BCUT2D eigenvalue weighted by molar-refractivity contribution is -0.112. The van der Waals surface area contributed by atoms with Crippen molar-refractivity contribution in [2.24, 2.45) is 7.05 Å². The Morgan fingerprint density at radius 1 is 1.33 bits per heavy atom. The lowest BCUT2D eigenvalue weighted by Gasteiger charge is -2.05. The maximum Gasteiger partial charge on any atom is 0.266 e. The van der Waals surface area contributed by atoms with Crippen LogP contribution in [-0.2, 0) is 18.3 Å². The molecule has 1 heterocycles. The lowest BCUT2D eigenvalue weighted by Crippen LogP contribution is -2.13. The van der Waals surface area contributed by atoms with Gasteiger partial charge >= 0.3 is 0 Å². The molecule has 0 radical (unpaired) electrons. The fraction of sp³-hybridized carbons (Fsp3) is 0.176. The fourth-order valence-electron chi connectivity index (χ4n) is 1.94. The highest BCUT2D eigenvalue weighted by Gasteiger charge is 2.10. The predicted octanol–water partition coefficient (Wildman–Crippen LogP) is 3.13. The second kappa shape index (κ2) is 6.58. The molecule has 0 unspecified atom stereocenters. The summed E-state index contributed by atoms with van der Waals surface area (Å²) in [7, 11) is 1.86. The third kappa shape index (κ3) is 3.61. The molecule has 1 aromatic carbocycles. The Kier molecular flexibility index (Phi) is 4.57. The number of aryl methyl sites for hydroxylation is 2. The van der Waals surface area contributed by atoms with Crippen LogP contribution in [0.5, 0.6) is 0 Å². The van der Waals surface area contributed by atoms with E-state index < -0.39 is 5.91 Å². The first-order valence-corrected chi connectivity index (χ1v) is 6.77. The Morgan fingerprint density at radius 3 is 2.57 bits per heavy atom. The molecule has 106 valence electrons. The van der Waals surface area contributed by atoms with E-state index in [1.165, 1.54) is 5.56 Å². The molecule has 2 rings (SSSR count). The summed E-state index contributed by atoms with van der Waals surface area (Å²) in [6.45, 7) is 2.07. The molecular weight excluding hydrogens is 262 g/mol. The molecule has 0 bridgehead atoms. The van der Waals surface area contributed by atoms with Gasteiger partial charge in [0.15, 0.2) is 0 Å². The van der Waals surface area contributed by atoms with Crippen molar-refractivity contribution in [2.75, 3.05) is 5.32 Å². The van der Waals surface area contributed by atoms with E-state index in [1.54, 1.807) is 6.08 Å². The number of hydrogen-bond donors (Lipinski definition) is 1. The van der Waals surface area contributed by atoms with Gasteiger partial charge in [-0.15, -0.1) is 0 Å². The van der Waals surface area contributed by atoms with Gasteiger partial charge < -0.3 is 9.88 Å². The number of carbonyl (C=O) groups is 1. The summed E-state index contributed by atoms with van der Waals surface area (Å²) in [5, 5.41) is 11.9. The quantitative estimate of drug-likeness (QED) is 0.690. The first-order chi connectivity index (χ1) is 10.1. The number of amides is 1. The van der Waals surface area contributed by atoms with Crippen LogP contribution in [0.3, 0.4) is 0 Å². The summed E-state index contributed by atoms with van der Waals surface area (Å²) in [5.41, 5.74) is 2.78. The third-order valence-electron chi connectivity index (χ3n) is 3.26. The van der Waals surface area contributed by atoms with E-state index in [4.69, 9.17) is 5.26 Å². The number of hydrogen-bond acceptors (Lipinski definition) is 2. The summed E-state index contributed by atoms with van der Waals surface area (Å²) in [4.78, 5) is 12.1. The zero-order valence-corrected chi connectivity index (χ0v) is 12.1. The molecule has 1 aromatic heterocycles. The van der Waals surface area contributed by atoms with Gasteiger partial charge in [-0.05, 0) is 42.3 Å². The molecule has 21 heavy (non-hydrogen) atoms. The highest BCUT2D eigenvalue weighted by atomic mass is 16.1. The number of aromatic nitrogens is 1. The number of anilines is 1. The standard InChI is InChI=1S/C17H17N3O/c1-3-13-6-8-15(9-7-13)19-17(21)14(12-18)11-16-5-4-10-20(16)2/h4-11H,3H2,1-2H3,(H,19,21). The van der Waals surface area contributed by atoms with Crippen molar-refractivity contribution in [1.82, 2.24) is 4.57 Å². The molecule has 0 atom stereocenters. The highest BCUT2D eigenvalue weighted by molar-refractivity contribution is 6.09. The van der Waals surface area contributed by atoms with E-state index in [1.807, 2.05) is 60.3 Å². The minimum Gasteiger partial charge on any atom is -0.351 e. The van der Waals surface area contributed by atoms with Crippen molar-refractivity contribution in [2.45, 2.75) is 13.3 Å². The van der Waals surface area contributed by atoms with Crippen LogP contribution in [0.4, 0.5) is 5.69 Å². The van der Waals surface area contributed by atoms with Gasteiger partial charge in [0.05, 0.1) is 0 Å². The molecule has 4 heteroatoms. The summed E-state index contributed by atoms with van der Waals surface area (Å²) in [6, 6.07) is 13.3. The predicted molar refractivity (Wildman–Crippen MR) is 83.5 cm³/mol. The Balaban J connectivity index is 2.15. The van der Waals surface area contributed by atoms with Crippen LogP contribution < -0.4 is 5.32 Å². The van der Waals surface area contributed by atoms with Gasteiger partial charge in [-0.25, -0.2) is 0 Å². The van der Waals surface area contributed by atoms with Crippen LogP contribution in [0.15, 0.2) is 48.2 Å². The van der Waals surface area contributed by atoms with E-state index in [9.17, 15) is 4.79 Å². The smallest absolute Gasteiger partial charge is 0.266 e. The molecule has 1 amide bonds. The monoisotopic (exact) mass is 279 g/mol. The van der Waals surface area contributed by atoms with Crippen LogP contribution in [0.2, 0.25) is 0 Å². The second-order valence-corrected chi connectivity index (χ2v) is 4.72. The molecule has 0 spiro atoms. The number of carbonyl (C=O) groups excluding carboxylic acids is 1. The van der Waals surface area contributed by atoms with Gasteiger partial charge in [-0.3, -0.25) is 4.79 Å². The van der Waals surface area contributed by atoms with E-state index in [2.05, 4.69) is 12.2 Å². The number of benzene rings is 1. The van der Waals surface area contributed by atoms with E-state index in [0.717, 1.165) is 12.1 Å². The van der Waals surface area contributed by atoms with Gasteiger partial charge in [0.2, 0.25) is 0 Å². The Hall–Kier alpha value is -2.80. The Labute approximate surface area is 124 Å². The Morgan fingerprint density at radius 2 is 2.05 bits per heavy atom. The van der Waals surface area contributed by atoms with Gasteiger partial charge in [0.1, 0.15) is 11.6 Å². The molecule has 0 aliphatic rings. The van der Waals surface area contributed by atoms with Crippen molar-refractivity contribution in [3.05, 3.63) is 59.4 Å². The average Bonchev–Trinajstić information content (AvgIpc) is 2.90. The van der Waals surface area contributed by atoms with Crippen LogP contribution in [0, 0.1) is 11.3 Å². The topological polar surface area (TPSA) is 57.8 Å². The van der Waals surface area contributed by atoms with E-state index in [0.29, 0.717) is 5.69 Å². The van der Waals surface area contributed by atoms with Crippen molar-refractivity contribution in [3.8, 4) is 6.07 Å².